The molecule has 2 N–H and O–H groups in total. The summed E-state index contributed by atoms with van der Waals surface area (Å²) in [6.45, 7) is 7.38. The highest BCUT2D eigenvalue weighted by molar-refractivity contribution is 5.79. The highest BCUT2D eigenvalue weighted by atomic mass is 16.5. The zero-order valence-corrected chi connectivity index (χ0v) is 12.2. The predicted octanol–water partition coefficient (Wildman–Crippen LogP) is 2.30. The minimum absolute atomic E-state index is 0.657. The topological polar surface area (TPSA) is 45.7 Å². The van der Waals surface area contributed by atoms with E-state index in [2.05, 4.69) is 53.7 Å². The minimum atomic E-state index is 0.657. The fourth-order valence-corrected chi connectivity index (χ4v) is 1.66. The van der Waals surface area contributed by atoms with Crippen LogP contribution in [0.3, 0.4) is 0 Å². The van der Waals surface area contributed by atoms with Crippen molar-refractivity contribution in [2.24, 2.45) is 4.99 Å². The van der Waals surface area contributed by atoms with Gasteiger partial charge in [0.1, 0.15) is 0 Å². The SMILES string of the molecule is CCCNC(=NCc1ccc(COC)cc1)NCC. The summed E-state index contributed by atoms with van der Waals surface area (Å²) in [4.78, 5) is 4.56. The summed E-state index contributed by atoms with van der Waals surface area (Å²) in [5.41, 5.74) is 2.39. The Hall–Kier alpha value is -1.55. The number of nitrogens with one attached hydrogen (secondary N) is 2. The molecule has 0 saturated heterocycles. The largest absolute Gasteiger partial charge is 0.380 e. The predicted molar refractivity (Wildman–Crippen MR) is 80.3 cm³/mol. The zero-order chi connectivity index (χ0) is 13.9. The van der Waals surface area contributed by atoms with E-state index < -0.39 is 0 Å². The van der Waals surface area contributed by atoms with Crippen molar-refractivity contribution in [1.82, 2.24) is 10.6 Å². The number of ether oxygens (including phenoxy) is 1. The van der Waals surface area contributed by atoms with Gasteiger partial charge >= 0.3 is 0 Å². The molecule has 0 radical (unpaired) electrons. The molecule has 1 aromatic rings. The Morgan fingerprint density at radius 3 is 2.37 bits per heavy atom. The number of nitrogens with zero attached hydrogens (tertiary/aromatic N) is 1. The number of rotatable bonds is 7. The van der Waals surface area contributed by atoms with Gasteiger partial charge in [0.15, 0.2) is 5.96 Å². The van der Waals surface area contributed by atoms with Crippen LogP contribution in [0.5, 0.6) is 0 Å². The lowest BCUT2D eigenvalue weighted by molar-refractivity contribution is 0.185. The van der Waals surface area contributed by atoms with Crippen LogP contribution in [0, 0.1) is 0 Å². The van der Waals surface area contributed by atoms with Gasteiger partial charge in [-0.15, -0.1) is 0 Å². The highest BCUT2D eigenvalue weighted by Crippen LogP contribution is 2.06. The monoisotopic (exact) mass is 263 g/mol. The molecule has 0 amide bonds. The Morgan fingerprint density at radius 2 is 1.79 bits per heavy atom. The molecule has 0 heterocycles. The average molecular weight is 263 g/mol. The van der Waals surface area contributed by atoms with Gasteiger partial charge in [0, 0.05) is 20.2 Å². The Bertz CT molecular complexity index is 373. The minimum Gasteiger partial charge on any atom is -0.380 e. The van der Waals surface area contributed by atoms with Gasteiger partial charge < -0.3 is 15.4 Å². The number of guanidine groups is 1. The molecule has 0 fully saturated rings. The molecule has 106 valence electrons. The van der Waals surface area contributed by atoms with Crippen LogP contribution in [0.25, 0.3) is 0 Å². The molecule has 0 unspecified atom stereocenters. The molecular weight excluding hydrogens is 238 g/mol. The molecule has 0 atom stereocenters. The van der Waals surface area contributed by atoms with Crippen molar-refractivity contribution in [3.8, 4) is 0 Å². The van der Waals surface area contributed by atoms with Crippen LogP contribution >= 0.6 is 0 Å². The number of hydrogen-bond acceptors (Lipinski definition) is 2. The zero-order valence-electron chi connectivity index (χ0n) is 12.2. The van der Waals surface area contributed by atoms with Crippen molar-refractivity contribution in [3.63, 3.8) is 0 Å². The Labute approximate surface area is 116 Å². The van der Waals surface area contributed by atoms with Crippen molar-refractivity contribution >= 4 is 5.96 Å². The second-order valence-corrected chi connectivity index (χ2v) is 4.37. The van der Waals surface area contributed by atoms with Crippen LogP contribution in [0.4, 0.5) is 0 Å². The first-order valence-corrected chi connectivity index (χ1v) is 6.89. The maximum atomic E-state index is 5.09. The number of benzene rings is 1. The highest BCUT2D eigenvalue weighted by Gasteiger charge is 1.97. The molecule has 1 rings (SSSR count). The first-order chi connectivity index (χ1) is 9.30. The van der Waals surface area contributed by atoms with E-state index in [-0.39, 0.29) is 0 Å². The molecule has 0 aliphatic heterocycles. The normalized spacial score (nSPS) is 11.4. The molecule has 4 heteroatoms. The fourth-order valence-electron chi connectivity index (χ4n) is 1.66. The van der Waals surface area contributed by atoms with Crippen molar-refractivity contribution in [3.05, 3.63) is 35.4 Å². The van der Waals surface area contributed by atoms with E-state index in [4.69, 9.17) is 4.74 Å². The van der Waals surface area contributed by atoms with Crippen LogP contribution in [0.2, 0.25) is 0 Å². The van der Waals surface area contributed by atoms with Crippen molar-refractivity contribution in [2.75, 3.05) is 20.2 Å². The third-order valence-electron chi connectivity index (χ3n) is 2.64. The van der Waals surface area contributed by atoms with E-state index >= 15 is 0 Å². The summed E-state index contributed by atoms with van der Waals surface area (Å²) in [6, 6.07) is 8.37. The van der Waals surface area contributed by atoms with E-state index in [1.54, 1.807) is 7.11 Å². The number of methoxy groups -OCH3 is 1. The standard InChI is InChI=1S/C15H25N3O/c1-4-10-17-15(16-5-2)18-11-13-6-8-14(9-7-13)12-19-3/h6-9H,4-5,10-12H2,1-3H3,(H2,16,17,18). The van der Waals surface area contributed by atoms with Gasteiger partial charge in [-0.25, -0.2) is 4.99 Å². The summed E-state index contributed by atoms with van der Waals surface area (Å²) in [6.07, 6.45) is 1.09. The fraction of sp³-hybridized carbons (Fsp3) is 0.533. The van der Waals surface area contributed by atoms with Crippen LogP contribution in [0.1, 0.15) is 31.4 Å². The van der Waals surface area contributed by atoms with E-state index in [9.17, 15) is 0 Å². The van der Waals surface area contributed by atoms with Gasteiger partial charge in [-0.2, -0.15) is 0 Å². The van der Waals surface area contributed by atoms with E-state index in [0.29, 0.717) is 13.2 Å². The van der Waals surface area contributed by atoms with Gasteiger partial charge in [0.05, 0.1) is 13.2 Å². The molecule has 1 aromatic carbocycles. The lowest BCUT2D eigenvalue weighted by atomic mass is 10.1. The van der Waals surface area contributed by atoms with Crippen molar-refractivity contribution in [2.45, 2.75) is 33.4 Å². The van der Waals surface area contributed by atoms with Crippen LogP contribution in [0.15, 0.2) is 29.3 Å². The summed E-state index contributed by atoms with van der Waals surface area (Å²) in [5.74, 6) is 0.880. The van der Waals surface area contributed by atoms with Crippen LogP contribution in [-0.2, 0) is 17.9 Å². The van der Waals surface area contributed by atoms with Gasteiger partial charge in [-0.05, 0) is 24.5 Å². The van der Waals surface area contributed by atoms with E-state index in [1.807, 2.05) is 0 Å². The van der Waals surface area contributed by atoms with Gasteiger partial charge in [-0.3, -0.25) is 0 Å². The van der Waals surface area contributed by atoms with Gasteiger partial charge in [-0.1, -0.05) is 31.2 Å². The summed E-state index contributed by atoms with van der Waals surface area (Å²) in [5, 5.41) is 6.53. The second-order valence-electron chi connectivity index (χ2n) is 4.37. The third kappa shape index (κ3) is 6.25. The van der Waals surface area contributed by atoms with Crippen LogP contribution < -0.4 is 10.6 Å². The Morgan fingerprint density at radius 1 is 1.11 bits per heavy atom. The maximum absolute atomic E-state index is 5.09. The van der Waals surface area contributed by atoms with Crippen molar-refractivity contribution in [1.29, 1.82) is 0 Å². The number of aliphatic imine (C=N–C) groups is 1. The smallest absolute Gasteiger partial charge is 0.191 e. The first-order valence-electron chi connectivity index (χ1n) is 6.89. The average Bonchev–Trinajstić information content (AvgIpc) is 2.44. The lowest BCUT2D eigenvalue weighted by Crippen LogP contribution is -2.37. The summed E-state index contributed by atoms with van der Waals surface area (Å²) in [7, 11) is 1.71. The van der Waals surface area contributed by atoms with E-state index in [1.165, 1.54) is 11.1 Å². The second kappa shape index (κ2) is 9.39. The van der Waals surface area contributed by atoms with Gasteiger partial charge in [0.2, 0.25) is 0 Å². The number of hydrogen-bond donors (Lipinski definition) is 2. The van der Waals surface area contributed by atoms with E-state index in [0.717, 1.165) is 25.5 Å². The van der Waals surface area contributed by atoms with Crippen molar-refractivity contribution < 1.29 is 4.74 Å². The molecule has 0 saturated carbocycles. The molecule has 19 heavy (non-hydrogen) atoms. The van der Waals surface area contributed by atoms with Gasteiger partial charge in [0.25, 0.3) is 0 Å². The lowest BCUT2D eigenvalue weighted by Gasteiger charge is -2.10. The quantitative estimate of drug-likeness (QED) is 0.586. The summed E-state index contributed by atoms with van der Waals surface area (Å²) < 4.78 is 5.09. The molecular formula is C15H25N3O. The van der Waals surface area contributed by atoms with Crippen LogP contribution in [-0.4, -0.2) is 26.2 Å². The molecule has 0 aliphatic carbocycles. The Kier molecular flexibility index (Phi) is 7.66. The Balaban J connectivity index is 2.55. The molecule has 0 bridgehead atoms. The summed E-state index contributed by atoms with van der Waals surface area (Å²) >= 11 is 0. The molecule has 4 nitrogen and oxygen atoms in total. The molecule has 0 aromatic heterocycles. The third-order valence-corrected chi connectivity index (χ3v) is 2.64. The maximum Gasteiger partial charge on any atom is 0.191 e. The molecule has 0 spiro atoms. The molecule has 0 aliphatic rings. The first kappa shape index (κ1) is 15.5.